The van der Waals surface area contributed by atoms with Gasteiger partial charge in [0.15, 0.2) is 0 Å². The molecule has 1 aromatic heterocycles. The number of ether oxygens (including phenoxy) is 1. The molecule has 1 N–H and O–H groups in total. The molecule has 1 aromatic rings. The summed E-state index contributed by atoms with van der Waals surface area (Å²) < 4.78 is 42.5. The van der Waals surface area contributed by atoms with Crippen molar-refractivity contribution in [2.45, 2.75) is 39.0 Å². The summed E-state index contributed by atoms with van der Waals surface area (Å²) in [4.78, 5) is 0. The van der Waals surface area contributed by atoms with Crippen molar-refractivity contribution in [2.75, 3.05) is 19.8 Å². The van der Waals surface area contributed by atoms with Gasteiger partial charge in [-0.05, 0) is 25.5 Å². The van der Waals surface area contributed by atoms with Gasteiger partial charge in [0.1, 0.15) is 6.61 Å². The number of halogens is 3. The summed E-state index contributed by atoms with van der Waals surface area (Å²) in [6.45, 7) is 4.17. The molecular weight excluding hydrogens is 259 g/mol. The summed E-state index contributed by atoms with van der Waals surface area (Å²) in [6, 6.07) is -0.137. The minimum Gasteiger partial charge on any atom is -0.370 e. The molecule has 0 spiro atoms. The highest BCUT2D eigenvalue weighted by atomic mass is 19.4. The first-order valence-electron chi connectivity index (χ1n) is 6.33. The van der Waals surface area contributed by atoms with Crippen LogP contribution < -0.4 is 5.32 Å². The van der Waals surface area contributed by atoms with E-state index < -0.39 is 12.8 Å². The lowest BCUT2D eigenvalue weighted by molar-refractivity contribution is -0.175. The number of rotatable bonds is 8. The van der Waals surface area contributed by atoms with E-state index in [2.05, 4.69) is 10.4 Å². The quantitative estimate of drug-likeness (QED) is 0.791. The Balaban J connectivity index is 2.43. The molecule has 0 saturated carbocycles. The monoisotopic (exact) mass is 279 g/mol. The number of nitrogens with one attached hydrogen (secondary N) is 1. The summed E-state index contributed by atoms with van der Waals surface area (Å²) in [5, 5.41) is 7.25. The van der Waals surface area contributed by atoms with Gasteiger partial charge in [-0.15, -0.1) is 0 Å². The lowest BCUT2D eigenvalue weighted by atomic mass is 10.1. The van der Waals surface area contributed by atoms with Crippen molar-refractivity contribution in [3.05, 3.63) is 18.0 Å². The Hall–Kier alpha value is -1.08. The number of hydrogen-bond donors (Lipinski definition) is 1. The summed E-state index contributed by atoms with van der Waals surface area (Å²) in [5.74, 6) is 0. The van der Waals surface area contributed by atoms with Crippen LogP contribution in [0.1, 0.15) is 19.4 Å². The zero-order chi connectivity index (χ0) is 14.3. The number of hydrogen-bond acceptors (Lipinski definition) is 3. The molecule has 110 valence electrons. The van der Waals surface area contributed by atoms with Crippen LogP contribution in [0.2, 0.25) is 0 Å². The molecule has 1 atom stereocenters. The molecule has 7 heteroatoms. The van der Waals surface area contributed by atoms with Gasteiger partial charge in [-0.3, -0.25) is 4.68 Å². The Labute approximate surface area is 110 Å². The zero-order valence-corrected chi connectivity index (χ0v) is 11.2. The predicted molar refractivity (Wildman–Crippen MR) is 65.9 cm³/mol. The van der Waals surface area contributed by atoms with Crippen LogP contribution in [0.25, 0.3) is 0 Å². The summed E-state index contributed by atoms with van der Waals surface area (Å²) in [5.41, 5.74) is 0.989. The molecule has 0 aromatic carbocycles. The fraction of sp³-hybridized carbons (Fsp3) is 0.750. The second-order valence-corrected chi connectivity index (χ2v) is 4.29. The summed E-state index contributed by atoms with van der Waals surface area (Å²) >= 11 is 0. The van der Waals surface area contributed by atoms with Crippen LogP contribution in [0.3, 0.4) is 0 Å². The van der Waals surface area contributed by atoms with Crippen molar-refractivity contribution >= 4 is 0 Å². The zero-order valence-electron chi connectivity index (χ0n) is 11.2. The van der Waals surface area contributed by atoms with E-state index in [-0.39, 0.29) is 12.6 Å². The largest absolute Gasteiger partial charge is 0.411 e. The summed E-state index contributed by atoms with van der Waals surface area (Å²) in [6.07, 6.45) is -0.0404. The van der Waals surface area contributed by atoms with E-state index in [1.54, 1.807) is 10.9 Å². The average Bonchev–Trinajstić information content (AvgIpc) is 2.75. The Kier molecular flexibility index (Phi) is 6.30. The number of likely N-dealkylation sites (N-methyl/N-ethyl adjacent to an activating group) is 1. The Bertz CT molecular complexity index is 365. The normalized spacial score (nSPS) is 13.7. The first kappa shape index (κ1) is 16.0. The molecule has 0 fully saturated rings. The van der Waals surface area contributed by atoms with Gasteiger partial charge in [-0.25, -0.2) is 0 Å². The highest BCUT2D eigenvalue weighted by Crippen LogP contribution is 2.14. The minimum absolute atomic E-state index is 0.0324. The van der Waals surface area contributed by atoms with E-state index in [9.17, 15) is 13.2 Å². The maximum atomic E-state index is 12.0. The van der Waals surface area contributed by atoms with E-state index in [0.29, 0.717) is 13.0 Å². The Morgan fingerprint density at radius 3 is 2.68 bits per heavy atom. The average molecular weight is 279 g/mol. The third-order valence-electron chi connectivity index (χ3n) is 2.57. The molecule has 0 aliphatic rings. The van der Waals surface area contributed by atoms with Gasteiger partial charge in [-0.1, -0.05) is 6.92 Å². The fourth-order valence-electron chi connectivity index (χ4n) is 1.76. The molecule has 1 heterocycles. The maximum absolute atomic E-state index is 12.0. The van der Waals surface area contributed by atoms with Gasteiger partial charge < -0.3 is 10.1 Å². The maximum Gasteiger partial charge on any atom is 0.411 e. The third kappa shape index (κ3) is 6.58. The molecule has 4 nitrogen and oxygen atoms in total. The third-order valence-corrected chi connectivity index (χ3v) is 2.57. The van der Waals surface area contributed by atoms with E-state index in [4.69, 9.17) is 4.74 Å². The van der Waals surface area contributed by atoms with Crippen molar-refractivity contribution in [1.29, 1.82) is 0 Å². The second kappa shape index (κ2) is 7.49. The SMILES string of the molecule is CCNC(COCC(F)(F)F)Cc1cnn(CC)c1. The first-order valence-corrected chi connectivity index (χ1v) is 6.33. The molecule has 1 unspecified atom stereocenters. The lowest BCUT2D eigenvalue weighted by Gasteiger charge is -2.17. The number of alkyl halides is 3. The number of aromatic nitrogens is 2. The van der Waals surface area contributed by atoms with Crippen LogP contribution in [-0.2, 0) is 17.7 Å². The van der Waals surface area contributed by atoms with Crippen molar-refractivity contribution in [1.82, 2.24) is 15.1 Å². The van der Waals surface area contributed by atoms with Crippen molar-refractivity contribution in [3.63, 3.8) is 0 Å². The second-order valence-electron chi connectivity index (χ2n) is 4.29. The highest BCUT2D eigenvalue weighted by molar-refractivity contribution is 5.06. The van der Waals surface area contributed by atoms with Crippen molar-refractivity contribution in [3.8, 4) is 0 Å². The van der Waals surface area contributed by atoms with E-state index in [1.807, 2.05) is 20.0 Å². The number of nitrogens with zero attached hydrogens (tertiary/aromatic N) is 2. The molecule has 19 heavy (non-hydrogen) atoms. The minimum atomic E-state index is -4.27. The van der Waals surface area contributed by atoms with E-state index in [1.165, 1.54) is 0 Å². The molecular formula is C12H20F3N3O. The molecule has 0 amide bonds. The predicted octanol–water partition coefficient (Wildman–Crippen LogP) is 2.00. The van der Waals surface area contributed by atoms with Crippen LogP contribution in [0, 0.1) is 0 Å². The molecule has 0 radical (unpaired) electrons. The Morgan fingerprint density at radius 1 is 1.42 bits per heavy atom. The smallest absolute Gasteiger partial charge is 0.370 e. The van der Waals surface area contributed by atoms with Gasteiger partial charge >= 0.3 is 6.18 Å². The van der Waals surface area contributed by atoms with Crippen molar-refractivity contribution in [2.24, 2.45) is 0 Å². The molecule has 0 aliphatic carbocycles. The molecule has 0 bridgehead atoms. The van der Waals surface area contributed by atoms with Gasteiger partial charge in [0.25, 0.3) is 0 Å². The van der Waals surface area contributed by atoms with Crippen LogP contribution in [-0.4, -0.2) is 41.8 Å². The standard InChI is InChI=1S/C12H20F3N3O/c1-3-16-11(8-19-9-12(13,14)15)5-10-6-17-18(4-2)7-10/h6-7,11,16H,3-5,8-9H2,1-2H3. The van der Waals surface area contributed by atoms with Gasteiger partial charge in [0, 0.05) is 18.8 Å². The fourth-order valence-corrected chi connectivity index (χ4v) is 1.76. The van der Waals surface area contributed by atoms with Crippen LogP contribution in [0.5, 0.6) is 0 Å². The van der Waals surface area contributed by atoms with Crippen molar-refractivity contribution < 1.29 is 17.9 Å². The summed E-state index contributed by atoms with van der Waals surface area (Å²) in [7, 11) is 0. The van der Waals surface area contributed by atoms with Crippen LogP contribution in [0.15, 0.2) is 12.4 Å². The Morgan fingerprint density at radius 2 is 2.16 bits per heavy atom. The van der Waals surface area contributed by atoms with Gasteiger partial charge in [0.2, 0.25) is 0 Å². The first-order chi connectivity index (χ1) is 8.94. The van der Waals surface area contributed by atoms with E-state index >= 15 is 0 Å². The molecule has 0 saturated heterocycles. The molecule has 0 aliphatic heterocycles. The lowest BCUT2D eigenvalue weighted by Crippen LogP contribution is -2.36. The highest BCUT2D eigenvalue weighted by Gasteiger charge is 2.27. The van der Waals surface area contributed by atoms with Gasteiger partial charge in [-0.2, -0.15) is 18.3 Å². The topological polar surface area (TPSA) is 39.1 Å². The van der Waals surface area contributed by atoms with Gasteiger partial charge in [0.05, 0.1) is 12.8 Å². The van der Waals surface area contributed by atoms with E-state index in [0.717, 1.165) is 12.1 Å². The van der Waals surface area contributed by atoms with Crippen LogP contribution >= 0.6 is 0 Å². The molecule has 1 rings (SSSR count). The number of aryl methyl sites for hydroxylation is 1. The van der Waals surface area contributed by atoms with Crippen LogP contribution in [0.4, 0.5) is 13.2 Å².